The first-order valence-corrected chi connectivity index (χ1v) is 10.2. The highest BCUT2D eigenvalue weighted by atomic mass is 16.6. The Balaban J connectivity index is 1.56. The Kier molecular flexibility index (Phi) is 5.14. The number of hydrogen-bond donors (Lipinski definition) is 2. The number of rotatable bonds is 2. The zero-order valence-electron chi connectivity index (χ0n) is 16.3. The second kappa shape index (κ2) is 7.58. The molecule has 0 bridgehead atoms. The first-order chi connectivity index (χ1) is 13.5. The number of likely N-dealkylation sites (tertiary alicyclic amines) is 1. The normalized spacial score (nSPS) is 26.0. The van der Waals surface area contributed by atoms with Gasteiger partial charge in [-0.1, -0.05) is 0 Å². The molecule has 8 nitrogen and oxygen atoms in total. The molecule has 1 atom stereocenters. The Bertz CT molecular complexity index is 830. The molecule has 0 aromatic carbocycles. The second-order valence-electron chi connectivity index (χ2n) is 8.14. The third-order valence-electron chi connectivity index (χ3n) is 6.29. The number of carbonyl (C=O) groups is 2. The van der Waals surface area contributed by atoms with Crippen molar-refractivity contribution < 1.29 is 14.3 Å². The summed E-state index contributed by atoms with van der Waals surface area (Å²) in [5.74, 6) is -0.208. The summed E-state index contributed by atoms with van der Waals surface area (Å²) in [5.41, 5.74) is 0.282. The molecule has 4 heterocycles. The van der Waals surface area contributed by atoms with E-state index in [9.17, 15) is 14.4 Å². The molecular formula is C20H28N4O4. The van der Waals surface area contributed by atoms with Crippen molar-refractivity contribution >= 4 is 12.0 Å². The summed E-state index contributed by atoms with van der Waals surface area (Å²) in [6.45, 7) is 5.13. The Morgan fingerprint density at radius 2 is 2.00 bits per heavy atom. The number of nitrogens with zero attached hydrogens (tertiary/aromatic N) is 2. The summed E-state index contributed by atoms with van der Waals surface area (Å²) < 4.78 is 7.23. The molecule has 4 rings (SSSR count). The highest BCUT2D eigenvalue weighted by molar-refractivity contribution is 5.95. The third-order valence-corrected chi connectivity index (χ3v) is 6.29. The average molecular weight is 388 g/mol. The van der Waals surface area contributed by atoms with Gasteiger partial charge in [0.2, 0.25) is 0 Å². The Labute approximate surface area is 164 Å². The maximum absolute atomic E-state index is 13.3. The van der Waals surface area contributed by atoms with Crippen LogP contribution < -0.4 is 16.2 Å². The van der Waals surface area contributed by atoms with E-state index in [4.69, 9.17) is 4.74 Å². The molecular weight excluding hydrogens is 360 g/mol. The predicted octanol–water partition coefficient (Wildman–Crippen LogP) is 1.19. The van der Waals surface area contributed by atoms with Gasteiger partial charge in [-0.15, -0.1) is 0 Å². The van der Waals surface area contributed by atoms with Gasteiger partial charge in [0.15, 0.2) is 0 Å². The van der Waals surface area contributed by atoms with Crippen LogP contribution in [-0.4, -0.2) is 59.8 Å². The molecule has 0 saturated carbocycles. The summed E-state index contributed by atoms with van der Waals surface area (Å²) in [7, 11) is 0. The van der Waals surface area contributed by atoms with Gasteiger partial charge in [-0.25, -0.2) is 4.79 Å². The highest BCUT2D eigenvalue weighted by Gasteiger charge is 2.42. The number of piperidine rings is 1. The molecule has 3 saturated heterocycles. The van der Waals surface area contributed by atoms with Crippen LogP contribution in [-0.2, 0) is 4.74 Å². The minimum atomic E-state index is -0.521. The number of amides is 2. The van der Waals surface area contributed by atoms with Gasteiger partial charge in [0, 0.05) is 31.7 Å². The SMILES string of the molecule is Cc1ccn(C2CCNCC2)c(=O)c1C(=O)N1CCCC2(CC1)CNC(=O)O2. The molecule has 2 amide bonds. The summed E-state index contributed by atoms with van der Waals surface area (Å²) in [4.78, 5) is 39.7. The number of aryl methyl sites for hydroxylation is 1. The van der Waals surface area contributed by atoms with Crippen molar-refractivity contribution in [3.8, 4) is 0 Å². The van der Waals surface area contributed by atoms with Crippen molar-refractivity contribution in [3.63, 3.8) is 0 Å². The molecule has 3 aliphatic heterocycles. The molecule has 152 valence electrons. The Hall–Kier alpha value is -2.35. The molecule has 0 aliphatic carbocycles. The van der Waals surface area contributed by atoms with Crippen molar-refractivity contribution in [3.05, 3.63) is 33.7 Å². The van der Waals surface area contributed by atoms with Crippen molar-refractivity contribution in [1.29, 1.82) is 0 Å². The smallest absolute Gasteiger partial charge is 0.407 e. The van der Waals surface area contributed by atoms with Gasteiger partial charge in [0.05, 0.1) is 6.54 Å². The average Bonchev–Trinajstić information content (AvgIpc) is 2.93. The molecule has 0 radical (unpaired) electrons. The quantitative estimate of drug-likeness (QED) is 0.794. The number of nitrogens with one attached hydrogen (secondary N) is 2. The second-order valence-corrected chi connectivity index (χ2v) is 8.14. The van der Waals surface area contributed by atoms with Gasteiger partial charge in [0.1, 0.15) is 11.2 Å². The molecule has 1 aromatic heterocycles. The maximum Gasteiger partial charge on any atom is 0.407 e. The summed E-state index contributed by atoms with van der Waals surface area (Å²) in [6.07, 6.45) is 5.28. The van der Waals surface area contributed by atoms with E-state index in [0.717, 1.165) is 38.8 Å². The van der Waals surface area contributed by atoms with Crippen LogP contribution in [0.1, 0.15) is 54.1 Å². The number of carbonyl (C=O) groups excluding carboxylic acids is 2. The molecule has 28 heavy (non-hydrogen) atoms. The highest BCUT2D eigenvalue weighted by Crippen LogP contribution is 2.30. The fraction of sp³-hybridized carbons (Fsp3) is 0.650. The Morgan fingerprint density at radius 1 is 1.21 bits per heavy atom. The van der Waals surface area contributed by atoms with E-state index < -0.39 is 5.60 Å². The molecule has 2 N–H and O–H groups in total. The molecule has 3 fully saturated rings. The van der Waals surface area contributed by atoms with Crippen LogP contribution in [0.4, 0.5) is 4.79 Å². The first kappa shape index (κ1) is 19.0. The molecule has 3 aliphatic rings. The van der Waals surface area contributed by atoms with Gasteiger partial charge in [0.25, 0.3) is 11.5 Å². The zero-order chi connectivity index (χ0) is 19.7. The summed E-state index contributed by atoms with van der Waals surface area (Å²) in [6, 6.07) is 2.01. The standard InChI is InChI=1S/C20H28N4O4/c1-14-5-11-24(15-3-8-21-9-4-15)18(26)16(14)17(25)23-10-2-6-20(7-12-23)13-22-19(27)28-20/h5,11,15,21H,2-4,6-10,12-13H2,1H3,(H,22,27). The van der Waals surface area contributed by atoms with E-state index in [1.54, 1.807) is 9.47 Å². The summed E-state index contributed by atoms with van der Waals surface area (Å²) in [5, 5.41) is 6.03. The lowest BCUT2D eigenvalue weighted by Crippen LogP contribution is -2.41. The van der Waals surface area contributed by atoms with Crippen molar-refractivity contribution in [2.24, 2.45) is 0 Å². The molecule has 1 aromatic rings. The lowest BCUT2D eigenvalue weighted by atomic mass is 9.95. The zero-order valence-corrected chi connectivity index (χ0v) is 16.3. The fourth-order valence-electron chi connectivity index (χ4n) is 4.58. The van der Waals surface area contributed by atoms with Crippen molar-refractivity contribution in [2.75, 3.05) is 32.7 Å². The third kappa shape index (κ3) is 3.53. The number of pyridine rings is 1. The van der Waals surface area contributed by atoms with Crippen LogP contribution in [0.15, 0.2) is 17.1 Å². The minimum absolute atomic E-state index is 0.136. The lowest BCUT2D eigenvalue weighted by Gasteiger charge is -2.27. The van der Waals surface area contributed by atoms with E-state index in [1.165, 1.54) is 0 Å². The summed E-state index contributed by atoms with van der Waals surface area (Å²) >= 11 is 0. The van der Waals surface area contributed by atoms with Gasteiger partial charge >= 0.3 is 6.09 Å². The van der Waals surface area contributed by atoms with Crippen molar-refractivity contribution in [2.45, 2.75) is 50.7 Å². The van der Waals surface area contributed by atoms with Crippen LogP contribution in [0.3, 0.4) is 0 Å². The largest absolute Gasteiger partial charge is 0.441 e. The fourth-order valence-corrected chi connectivity index (χ4v) is 4.58. The monoisotopic (exact) mass is 388 g/mol. The van der Waals surface area contributed by atoms with Gasteiger partial charge < -0.3 is 24.8 Å². The lowest BCUT2D eigenvalue weighted by molar-refractivity contribution is 0.0438. The van der Waals surface area contributed by atoms with E-state index in [2.05, 4.69) is 10.6 Å². The van der Waals surface area contributed by atoms with Gasteiger partial charge in [-0.2, -0.15) is 0 Å². The molecule has 1 spiro atoms. The van der Waals surface area contributed by atoms with E-state index in [0.29, 0.717) is 31.6 Å². The molecule has 1 unspecified atom stereocenters. The van der Waals surface area contributed by atoms with Crippen LogP contribution >= 0.6 is 0 Å². The topological polar surface area (TPSA) is 92.7 Å². The first-order valence-electron chi connectivity index (χ1n) is 10.2. The van der Waals surface area contributed by atoms with Gasteiger partial charge in [-0.05, 0) is 57.3 Å². The van der Waals surface area contributed by atoms with E-state index in [1.807, 2.05) is 19.2 Å². The predicted molar refractivity (Wildman–Crippen MR) is 104 cm³/mol. The number of aromatic nitrogens is 1. The number of alkyl carbamates (subject to hydrolysis) is 1. The minimum Gasteiger partial charge on any atom is -0.441 e. The van der Waals surface area contributed by atoms with Crippen LogP contribution in [0, 0.1) is 6.92 Å². The van der Waals surface area contributed by atoms with E-state index >= 15 is 0 Å². The maximum atomic E-state index is 13.3. The van der Waals surface area contributed by atoms with Crippen LogP contribution in [0.25, 0.3) is 0 Å². The van der Waals surface area contributed by atoms with Crippen molar-refractivity contribution in [1.82, 2.24) is 20.1 Å². The van der Waals surface area contributed by atoms with Gasteiger partial charge in [-0.3, -0.25) is 9.59 Å². The van der Waals surface area contributed by atoms with Crippen LogP contribution in [0.2, 0.25) is 0 Å². The van der Waals surface area contributed by atoms with Crippen LogP contribution in [0.5, 0.6) is 0 Å². The Morgan fingerprint density at radius 3 is 2.71 bits per heavy atom. The number of ether oxygens (including phenoxy) is 1. The number of hydrogen-bond acceptors (Lipinski definition) is 5. The van der Waals surface area contributed by atoms with E-state index in [-0.39, 0.29) is 29.2 Å². The molecule has 8 heteroatoms.